The van der Waals surface area contributed by atoms with Gasteiger partial charge in [-0.25, -0.2) is 17.2 Å². The summed E-state index contributed by atoms with van der Waals surface area (Å²) in [5.74, 6) is -2.86. The molecule has 0 aliphatic carbocycles. The number of nitrogens with zero attached hydrogens (tertiary/aromatic N) is 2. The molecule has 144 valence electrons. The lowest BCUT2D eigenvalue weighted by Crippen LogP contribution is -2.36. The lowest BCUT2D eigenvalue weighted by molar-refractivity contribution is -0.116. The minimum Gasteiger partial charge on any atom is -0.324 e. The number of sulfonamides is 1. The lowest BCUT2D eigenvalue weighted by atomic mass is 10.3. The van der Waals surface area contributed by atoms with E-state index in [2.05, 4.69) is 5.32 Å². The minimum atomic E-state index is -3.92. The van der Waals surface area contributed by atoms with Crippen molar-refractivity contribution in [1.29, 1.82) is 0 Å². The highest BCUT2D eigenvalue weighted by molar-refractivity contribution is 7.89. The van der Waals surface area contributed by atoms with Gasteiger partial charge >= 0.3 is 0 Å². The van der Waals surface area contributed by atoms with E-state index < -0.39 is 44.6 Å². The van der Waals surface area contributed by atoms with Crippen LogP contribution in [0, 0.1) is 11.6 Å². The third-order valence-electron chi connectivity index (χ3n) is 4.19. The van der Waals surface area contributed by atoms with Crippen LogP contribution in [0.5, 0.6) is 0 Å². The Kier molecular flexibility index (Phi) is 5.38. The fourth-order valence-electron chi connectivity index (χ4n) is 2.83. The van der Waals surface area contributed by atoms with E-state index >= 15 is 0 Å². The number of carbonyl (C=O) groups excluding carboxylic acids is 1. The number of amides is 1. The van der Waals surface area contributed by atoms with Gasteiger partial charge in [-0.1, -0.05) is 0 Å². The van der Waals surface area contributed by atoms with E-state index in [1.807, 2.05) is 0 Å². The number of halogens is 2. The van der Waals surface area contributed by atoms with Crippen molar-refractivity contribution in [2.75, 3.05) is 18.4 Å². The lowest BCUT2D eigenvalue weighted by Gasteiger charge is -2.16. The molecule has 2 heterocycles. The molecule has 1 aromatic heterocycles. The second kappa shape index (κ2) is 7.57. The first-order chi connectivity index (χ1) is 12.8. The highest BCUT2D eigenvalue weighted by atomic mass is 32.2. The zero-order valence-corrected chi connectivity index (χ0v) is 15.0. The molecule has 0 spiro atoms. The summed E-state index contributed by atoms with van der Waals surface area (Å²) in [7, 11) is -3.92. The van der Waals surface area contributed by atoms with Gasteiger partial charge in [0.2, 0.25) is 15.9 Å². The Labute approximate surface area is 154 Å². The molecule has 1 aromatic carbocycles. The van der Waals surface area contributed by atoms with Crippen LogP contribution in [0.2, 0.25) is 0 Å². The molecule has 1 saturated heterocycles. The molecule has 1 N–H and O–H groups in total. The largest absolute Gasteiger partial charge is 0.324 e. The Morgan fingerprint density at radius 3 is 2.48 bits per heavy atom. The third-order valence-corrected chi connectivity index (χ3v) is 6.10. The molecule has 10 heteroatoms. The summed E-state index contributed by atoms with van der Waals surface area (Å²) >= 11 is 0. The second-order valence-electron chi connectivity index (χ2n) is 6.09. The zero-order chi connectivity index (χ0) is 19.6. The van der Waals surface area contributed by atoms with Crippen LogP contribution in [-0.4, -0.2) is 36.3 Å². The third kappa shape index (κ3) is 4.06. The van der Waals surface area contributed by atoms with Gasteiger partial charge in [-0.05, 0) is 37.1 Å². The average Bonchev–Trinajstić information content (AvgIpc) is 3.15. The van der Waals surface area contributed by atoms with Gasteiger partial charge in [-0.2, -0.15) is 4.31 Å². The first kappa shape index (κ1) is 19.2. The van der Waals surface area contributed by atoms with Crippen molar-refractivity contribution in [3.8, 4) is 0 Å². The molecule has 0 radical (unpaired) electrons. The maximum absolute atomic E-state index is 13.2. The summed E-state index contributed by atoms with van der Waals surface area (Å²) in [6.07, 6.45) is 2.75. The van der Waals surface area contributed by atoms with Crippen LogP contribution in [-0.2, 0) is 21.4 Å². The number of carbonyl (C=O) groups is 1. The van der Waals surface area contributed by atoms with Crippen LogP contribution in [0.1, 0.15) is 12.8 Å². The van der Waals surface area contributed by atoms with Gasteiger partial charge in [0.15, 0.2) is 11.6 Å². The Morgan fingerprint density at radius 1 is 1.11 bits per heavy atom. The smallest absolute Gasteiger partial charge is 0.271 e. The number of rotatable bonds is 5. The van der Waals surface area contributed by atoms with Crippen LogP contribution < -0.4 is 10.9 Å². The number of nitrogens with one attached hydrogen (secondary N) is 1. The maximum Gasteiger partial charge on any atom is 0.271 e. The summed E-state index contributed by atoms with van der Waals surface area (Å²) in [6.45, 7) is 0.238. The zero-order valence-electron chi connectivity index (χ0n) is 14.2. The molecule has 7 nitrogen and oxygen atoms in total. The van der Waals surface area contributed by atoms with E-state index in [0.717, 1.165) is 29.5 Å². The van der Waals surface area contributed by atoms with Crippen molar-refractivity contribution in [2.45, 2.75) is 24.3 Å². The number of pyridine rings is 1. The molecule has 0 unspecified atom stereocenters. The predicted molar refractivity (Wildman–Crippen MR) is 93.7 cm³/mol. The number of benzene rings is 1. The van der Waals surface area contributed by atoms with E-state index in [-0.39, 0.29) is 5.69 Å². The number of hydrogen-bond donors (Lipinski definition) is 1. The molecule has 1 aliphatic rings. The second-order valence-corrected chi connectivity index (χ2v) is 8.00. The van der Waals surface area contributed by atoms with Gasteiger partial charge in [0.25, 0.3) is 5.56 Å². The average molecular weight is 397 g/mol. The SMILES string of the molecule is O=C(Cn1cccc(S(=O)(=O)N2CCCC2)c1=O)Nc1ccc(F)c(F)c1. The van der Waals surface area contributed by atoms with E-state index in [9.17, 15) is 26.8 Å². The fraction of sp³-hybridized carbons (Fsp3) is 0.294. The van der Waals surface area contributed by atoms with Crippen molar-refractivity contribution in [3.63, 3.8) is 0 Å². The number of hydrogen-bond acceptors (Lipinski definition) is 4. The van der Waals surface area contributed by atoms with E-state index in [4.69, 9.17) is 0 Å². The normalized spacial score (nSPS) is 15.0. The number of anilines is 1. The van der Waals surface area contributed by atoms with Gasteiger partial charge < -0.3 is 9.88 Å². The van der Waals surface area contributed by atoms with Gasteiger partial charge in [-0.15, -0.1) is 0 Å². The maximum atomic E-state index is 13.2. The van der Waals surface area contributed by atoms with Crippen molar-refractivity contribution in [1.82, 2.24) is 8.87 Å². The van der Waals surface area contributed by atoms with Gasteiger partial charge in [0.05, 0.1) is 0 Å². The molecule has 27 heavy (non-hydrogen) atoms. The van der Waals surface area contributed by atoms with Crippen LogP contribution >= 0.6 is 0 Å². The topological polar surface area (TPSA) is 88.5 Å². The Bertz CT molecular complexity index is 1030. The van der Waals surface area contributed by atoms with E-state index in [1.165, 1.54) is 28.7 Å². The van der Waals surface area contributed by atoms with Crippen LogP contribution in [0.15, 0.2) is 46.2 Å². The monoisotopic (exact) mass is 397 g/mol. The molecular weight excluding hydrogens is 380 g/mol. The minimum absolute atomic E-state index is 0.0211. The van der Waals surface area contributed by atoms with E-state index in [1.54, 1.807) is 0 Å². The van der Waals surface area contributed by atoms with Gasteiger partial charge in [-0.3, -0.25) is 9.59 Å². The first-order valence-electron chi connectivity index (χ1n) is 8.23. The molecule has 1 fully saturated rings. The molecule has 0 bridgehead atoms. The molecule has 0 saturated carbocycles. The predicted octanol–water partition coefficient (Wildman–Crippen LogP) is 1.55. The highest BCUT2D eigenvalue weighted by Gasteiger charge is 2.30. The van der Waals surface area contributed by atoms with Crippen LogP contribution in [0.4, 0.5) is 14.5 Å². The Morgan fingerprint density at radius 2 is 1.81 bits per heavy atom. The molecular formula is C17H17F2N3O4S. The molecule has 0 atom stereocenters. The number of aromatic nitrogens is 1. The molecule has 1 amide bonds. The highest BCUT2D eigenvalue weighted by Crippen LogP contribution is 2.18. The van der Waals surface area contributed by atoms with Gasteiger partial charge in [0, 0.05) is 31.0 Å². The Balaban J connectivity index is 1.80. The van der Waals surface area contributed by atoms with Crippen molar-refractivity contribution in [2.24, 2.45) is 0 Å². The molecule has 2 aromatic rings. The van der Waals surface area contributed by atoms with Crippen molar-refractivity contribution in [3.05, 3.63) is 58.5 Å². The van der Waals surface area contributed by atoms with Crippen LogP contribution in [0.3, 0.4) is 0 Å². The first-order valence-corrected chi connectivity index (χ1v) is 9.67. The summed E-state index contributed by atoms with van der Waals surface area (Å²) in [5, 5.41) is 2.33. The van der Waals surface area contributed by atoms with Crippen molar-refractivity contribution < 1.29 is 22.0 Å². The summed E-state index contributed by atoms with van der Waals surface area (Å²) in [6, 6.07) is 5.42. The van der Waals surface area contributed by atoms with E-state index in [0.29, 0.717) is 13.1 Å². The molecule has 1 aliphatic heterocycles. The van der Waals surface area contributed by atoms with Crippen LogP contribution in [0.25, 0.3) is 0 Å². The van der Waals surface area contributed by atoms with Gasteiger partial charge in [0.1, 0.15) is 11.4 Å². The fourth-order valence-corrected chi connectivity index (χ4v) is 4.44. The summed E-state index contributed by atoms with van der Waals surface area (Å²) < 4.78 is 53.5. The molecule has 3 rings (SSSR count). The summed E-state index contributed by atoms with van der Waals surface area (Å²) in [4.78, 5) is 24.2. The quantitative estimate of drug-likeness (QED) is 0.829. The van der Waals surface area contributed by atoms with Crippen molar-refractivity contribution >= 4 is 21.6 Å². The Hall–Kier alpha value is -2.59. The standard InChI is InChI=1S/C17H17F2N3O4S/c18-13-6-5-12(10-14(13)19)20-16(23)11-21-7-3-4-15(17(21)24)27(25,26)22-8-1-2-9-22/h3-7,10H,1-2,8-9,11H2,(H,20,23). The summed E-state index contributed by atoms with van der Waals surface area (Å²) in [5.41, 5.74) is -0.794.